The van der Waals surface area contributed by atoms with Gasteiger partial charge in [-0.25, -0.2) is 0 Å². The molecule has 2 fully saturated rings. The summed E-state index contributed by atoms with van der Waals surface area (Å²) >= 11 is 0. The topological polar surface area (TPSA) is 21.8 Å². The average molecular weight is 256 g/mol. The highest BCUT2D eigenvalue weighted by Gasteiger charge is 2.43. The summed E-state index contributed by atoms with van der Waals surface area (Å²) in [4.78, 5) is 0. The summed E-state index contributed by atoms with van der Waals surface area (Å²) in [5.41, 5.74) is 0.170. The van der Waals surface area contributed by atoms with Crippen molar-refractivity contribution >= 4 is 9.76 Å². The minimum Gasteiger partial charge on any atom is -0.419 e. The maximum atomic E-state index is 6.16. The van der Waals surface area contributed by atoms with Gasteiger partial charge in [-0.15, -0.1) is 0 Å². The molecule has 17 heavy (non-hydrogen) atoms. The van der Waals surface area contributed by atoms with Gasteiger partial charge in [0.05, 0.1) is 17.8 Å². The van der Waals surface area contributed by atoms with E-state index in [0.29, 0.717) is 12.2 Å². The first-order valence-corrected chi connectivity index (χ1v) is 9.04. The van der Waals surface area contributed by atoms with Crippen LogP contribution in [0.15, 0.2) is 0 Å². The van der Waals surface area contributed by atoms with Crippen LogP contribution in [0.5, 0.6) is 0 Å². The van der Waals surface area contributed by atoms with Gasteiger partial charge >= 0.3 is 0 Å². The molecule has 1 saturated heterocycles. The highest BCUT2D eigenvalue weighted by molar-refractivity contribution is 6.27. The molecule has 0 bridgehead atoms. The Morgan fingerprint density at radius 1 is 1.24 bits per heavy atom. The molecule has 1 aliphatic heterocycles. The molecule has 1 aliphatic carbocycles. The Labute approximate surface area is 108 Å². The van der Waals surface area contributed by atoms with Gasteiger partial charge < -0.3 is 9.16 Å². The van der Waals surface area contributed by atoms with Gasteiger partial charge in [-0.2, -0.15) is 0 Å². The first-order valence-electron chi connectivity index (χ1n) is 7.46. The molecule has 0 aromatic carbocycles. The minimum absolute atomic E-state index is 0.170. The third-order valence-corrected chi connectivity index (χ3v) is 6.41. The molecule has 1 heterocycles. The van der Waals surface area contributed by atoms with Crippen LogP contribution in [-0.4, -0.2) is 27.6 Å². The quantitative estimate of drug-likeness (QED) is 0.397. The van der Waals surface area contributed by atoms with Crippen LogP contribution < -0.4 is 0 Å². The van der Waals surface area contributed by atoms with Gasteiger partial charge in [0, 0.05) is 0 Å². The molecular weight excluding hydrogens is 228 g/mol. The van der Waals surface area contributed by atoms with Crippen molar-refractivity contribution in [3.8, 4) is 0 Å². The predicted octanol–water partition coefficient (Wildman–Crippen LogP) is 3.04. The van der Waals surface area contributed by atoms with E-state index < -0.39 is 0 Å². The normalized spacial score (nSPS) is 33.0. The molecule has 0 radical (unpaired) electrons. The third kappa shape index (κ3) is 3.80. The second-order valence-electron chi connectivity index (χ2n) is 6.04. The van der Waals surface area contributed by atoms with Gasteiger partial charge in [-0.05, 0) is 51.0 Å². The van der Waals surface area contributed by atoms with Gasteiger partial charge in [0.15, 0.2) is 9.76 Å². The number of fused-ring (bicyclic) bond motifs is 1. The Kier molecular flexibility index (Phi) is 4.67. The van der Waals surface area contributed by atoms with E-state index in [-0.39, 0.29) is 15.4 Å². The summed E-state index contributed by atoms with van der Waals surface area (Å²) in [6, 6.07) is 1.36. The second-order valence-corrected chi connectivity index (χ2v) is 7.44. The van der Waals surface area contributed by atoms with Crippen LogP contribution in [0, 0.1) is 5.92 Å². The summed E-state index contributed by atoms with van der Waals surface area (Å²) in [6.45, 7) is 6.75. The average Bonchev–Trinajstić information content (AvgIpc) is 3.12. The minimum atomic E-state index is -0.304. The molecule has 0 N–H and O–H groups in total. The van der Waals surface area contributed by atoms with Crippen LogP contribution in [0.2, 0.25) is 6.04 Å². The number of epoxide rings is 1. The number of hydrogen-bond donors (Lipinski definition) is 0. The van der Waals surface area contributed by atoms with Crippen LogP contribution in [0.3, 0.4) is 0 Å². The lowest BCUT2D eigenvalue weighted by Gasteiger charge is -2.28. The fraction of sp³-hybridized carbons (Fsp3) is 1.00. The first-order chi connectivity index (χ1) is 8.17. The highest BCUT2D eigenvalue weighted by atomic mass is 28.2. The zero-order valence-corrected chi connectivity index (χ0v) is 13.1. The van der Waals surface area contributed by atoms with E-state index in [1.165, 1.54) is 31.7 Å². The lowest BCUT2D eigenvalue weighted by atomic mass is 9.88. The highest BCUT2D eigenvalue weighted by Crippen LogP contribution is 2.40. The standard InChI is InChI=1S/C14H28O2Si/c1-4-14(3,5-2)16-17-9-8-11-6-7-12-13(10-11)15-12/h11-13H,4-10,17H2,1-3H3. The molecule has 2 nitrogen and oxygen atoms in total. The fourth-order valence-electron chi connectivity index (χ4n) is 2.89. The van der Waals surface area contributed by atoms with Crippen LogP contribution in [0.4, 0.5) is 0 Å². The predicted molar refractivity (Wildman–Crippen MR) is 74.0 cm³/mol. The molecule has 0 amide bonds. The summed E-state index contributed by atoms with van der Waals surface area (Å²) < 4.78 is 11.7. The Bertz CT molecular complexity index is 240. The summed E-state index contributed by atoms with van der Waals surface area (Å²) in [5.74, 6) is 0.935. The smallest absolute Gasteiger partial charge is 0.162 e. The molecule has 2 rings (SSSR count). The van der Waals surface area contributed by atoms with Gasteiger partial charge in [-0.3, -0.25) is 0 Å². The fourth-order valence-corrected chi connectivity index (χ4v) is 4.68. The van der Waals surface area contributed by atoms with E-state index in [2.05, 4.69) is 20.8 Å². The lowest BCUT2D eigenvalue weighted by molar-refractivity contribution is 0.0846. The van der Waals surface area contributed by atoms with Crippen molar-refractivity contribution in [1.29, 1.82) is 0 Å². The molecule has 0 aromatic heterocycles. The van der Waals surface area contributed by atoms with E-state index in [4.69, 9.17) is 9.16 Å². The Morgan fingerprint density at radius 3 is 2.65 bits per heavy atom. The zero-order chi connectivity index (χ0) is 12.3. The molecule has 1 saturated carbocycles. The van der Waals surface area contributed by atoms with Gasteiger partial charge in [0.25, 0.3) is 0 Å². The maximum absolute atomic E-state index is 6.16. The molecule has 0 aromatic rings. The van der Waals surface area contributed by atoms with E-state index in [1.807, 2.05) is 0 Å². The second kappa shape index (κ2) is 5.85. The van der Waals surface area contributed by atoms with Crippen molar-refractivity contribution in [2.75, 3.05) is 0 Å². The molecule has 3 heteroatoms. The lowest BCUT2D eigenvalue weighted by Crippen LogP contribution is -2.28. The van der Waals surface area contributed by atoms with E-state index in [9.17, 15) is 0 Å². The first kappa shape index (κ1) is 13.6. The molecule has 2 aliphatic rings. The van der Waals surface area contributed by atoms with Crippen LogP contribution >= 0.6 is 0 Å². The number of ether oxygens (including phenoxy) is 1. The molecule has 100 valence electrons. The zero-order valence-electron chi connectivity index (χ0n) is 11.7. The van der Waals surface area contributed by atoms with E-state index in [0.717, 1.165) is 18.8 Å². The van der Waals surface area contributed by atoms with Crippen molar-refractivity contribution in [2.45, 2.75) is 83.1 Å². The Morgan fingerprint density at radius 2 is 2.00 bits per heavy atom. The SMILES string of the molecule is CCC(C)(CC)O[SiH2]CCC1CCC2OC2C1. The van der Waals surface area contributed by atoms with Gasteiger partial charge in [0.2, 0.25) is 0 Å². The van der Waals surface area contributed by atoms with Crippen LogP contribution in [0.1, 0.15) is 59.3 Å². The van der Waals surface area contributed by atoms with Crippen molar-refractivity contribution < 1.29 is 9.16 Å². The number of rotatable bonds is 7. The monoisotopic (exact) mass is 256 g/mol. The summed E-state index contributed by atoms with van der Waals surface area (Å²) in [7, 11) is -0.304. The Hall–Kier alpha value is 0.137. The van der Waals surface area contributed by atoms with Crippen molar-refractivity contribution in [3.05, 3.63) is 0 Å². The largest absolute Gasteiger partial charge is 0.419 e. The van der Waals surface area contributed by atoms with Crippen molar-refractivity contribution in [1.82, 2.24) is 0 Å². The summed E-state index contributed by atoms with van der Waals surface area (Å²) in [6.07, 6.45) is 9.04. The van der Waals surface area contributed by atoms with E-state index in [1.54, 1.807) is 0 Å². The molecule has 3 unspecified atom stereocenters. The third-order valence-electron chi connectivity index (χ3n) is 4.82. The van der Waals surface area contributed by atoms with Gasteiger partial charge in [-0.1, -0.05) is 20.3 Å². The Balaban J connectivity index is 1.56. The van der Waals surface area contributed by atoms with Crippen LogP contribution in [0.25, 0.3) is 0 Å². The van der Waals surface area contributed by atoms with Crippen molar-refractivity contribution in [2.24, 2.45) is 5.92 Å². The molecular formula is C14H28O2Si. The van der Waals surface area contributed by atoms with Gasteiger partial charge in [0.1, 0.15) is 0 Å². The van der Waals surface area contributed by atoms with E-state index >= 15 is 0 Å². The molecule has 0 spiro atoms. The summed E-state index contributed by atoms with van der Waals surface area (Å²) in [5, 5.41) is 0. The maximum Gasteiger partial charge on any atom is 0.162 e. The number of hydrogen-bond acceptors (Lipinski definition) is 2. The molecule has 3 atom stereocenters. The van der Waals surface area contributed by atoms with Crippen LogP contribution in [-0.2, 0) is 9.16 Å². The van der Waals surface area contributed by atoms with Crippen molar-refractivity contribution in [3.63, 3.8) is 0 Å².